The number of benzene rings is 1. The van der Waals surface area contributed by atoms with E-state index in [4.69, 9.17) is 10.00 Å². The number of unbranched alkanes of at least 4 members (excludes halogenated alkanes) is 8. The lowest BCUT2D eigenvalue weighted by Gasteiger charge is -2.13. The Bertz CT molecular complexity index is 475. The summed E-state index contributed by atoms with van der Waals surface area (Å²) in [5.41, 5.74) is 2.39. The summed E-state index contributed by atoms with van der Waals surface area (Å²) in [6, 6.07) is 8.53. The Kier molecular flexibility index (Phi) is 11.9. The summed E-state index contributed by atoms with van der Waals surface area (Å²) in [5, 5.41) is 8.92. The van der Waals surface area contributed by atoms with E-state index in [2.05, 4.69) is 32.0 Å². The monoisotopic (exact) mass is 329 g/mol. The van der Waals surface area contributed by atoms with E-state index in [1.807, 2.05) is 6.07 Å². The summed E-state index contributed by atoms with van der Waals surface area (Å²) >= 11 is 0. The molecule has 0 N–H and O–H groups in total. The lowest BCUT2D eigenvalue weighted by Crippen LogP contribution is -2.01. The highest BCUT2D eigenvalue weighted by molar-refractivity contribution is 5.38. The van der Waals surface area contributed by atoms with Gasteiger partial charge in [0, 0.05) is 0 Å². The van der Waals surface area contributed by atoms with Crippen molar-refractivity contribution in [2.75, 3.05) is 6.61 Å². The molecule has 0 aliphatic carbocycles. The zero-order chi connectivity index (χ0) is 17.5. The van der Waals surface area contributed by atoms with Gasteiger partial charge in [0.25, 0.3) is 0 Å². The second-order valence-corrected chi connectivity index (χ2v) is 6.70. The molecule has 0 radical (unpaired) electrons. The minimum absolute atomic E-state index is 0.486. The van der Waals surface area contributed by atoms with Crippen molar-refractivity contribution in [3.8, 4) is 11.8 Å². The highest BCUT2D eigenvalue weighted by Crippen LogP contribution is 2.23. The largest absolute Gasteiger partial charge is 0.493 e. The van der Waals surface area contributed by atoms with Gasteiger partial charge in [-0.3, -0.25) is 0 Å². The van der Waals surface area contributed by atoms with E-state index in [-0.39, 0.29) is 0 Å². The fraction of sp³-hybridized carbons (Fsp3) is 0.682. The molecule has 0 atom stereocenters. The van der Waals surface area contributed by atoms with Crippen molar-refractivity contribution >= 4 is 0 Å². The van der Waals surface area contributed by atoms with Gasteiger partial charge in [-0.2, -0.15) is 5.26 Å². The highest BCUT2D eigenvalue weighted by atomic mass is 16.5. The number of rotatable bonds is 14. The fourth-order valence-electron chi connectivity index (χ4n) is 2.98. The second kappa shape index (κ2) is 13.9. The Hall–Kier alpha value is -1.49. The van der Waals surface area contributed by atoms with Crippen molar-refractivity contribution in [2.24, 2.45) is 0 Å². The number of ether oxygens (including phenoxy) is 1. The van der Waals surface area contributed by atoms with Crippen LogP contribution in [-0.4, -0.2) is 6.61 Å². The zero-order valence-electron chi connectivity index (χ0n) is 15.8. The zero-order valence-corrected chi connectivity index (χ0v) is 15.8. The lowest BCUT2D eigenvalue weighted by molar-refractivity contribution is 0.301. The van der Waals surface area contributed by atoms with Gasteiger partial charge in [0.15, 0.2) is 0 Å². The molecule has 1 aromatic rings. The number of hydrogen-bond acceptors (Lipinski definition) is 2. The first-order chi connectivity index (χ1) is 11.8. The Morgan fingerprint density at radius 3 is 2.21 bits per heavy atom. The maximum absolute atomic E-state index is 8.92. The maximum atomic E-state index is 8.92. The average Bonchev–Trinajstić information content (AvgIpc) is 2.59. The normalized spacial score (nSPS) is 10.5. The van der Waals surface area contributed by atoms with Crippen molar-refractivity contribution in [3.63, 3.8) is 0 Å². The van der Waals surface area contributed by atoms with E-state index in [0.29, 0.717) is 6.42 Å². The van der Waals surface area contributed by atoms with Gasteiger partial charge < -0.3 is 4.74 Å². The SMILES string of the molecule is CCCCCCCOc1ccc(CC#N)cc1CCCCCCC. The summed E-state index contributed by atoms with van der Waals surface area (Å²) < 4.78 is 6.05. The van der Waals surface area contributed by atoms with Crippen molar-refractivity contribution in [1.82, 2.24) is 0 Å². The van der Waals surface area contributed by atoms with Crippen LogP contribution < -0.4 is 4.74 Å². The Morgan fingerprint density at radius 1 is 0.875 bits per heavy atom. The third-order valence-electron chi connectivity index (χ3n) is 4.46. The first-order valence-electron chi connectivity index (χ1n) is 9.93. The maximum Gasteiger partial charge on any atom is 0.122 e. The van der Waals surface area contributed by atoms with Crippen LogP contribution >= 0.6 is 0 Å². The van der Waals surface area contributed by atoms with Gasteiger partial charge in [-0.05, 0) is 36.5 Å². The van der Waals surface area contributed by atoms with Crippen LogP contribution in [-0.2, 0) is 12.8 Å². The first-order valence-corrected chi connectivity index (χ1v) is 9.93. The molecule has 0 spiro atoms. The van der Waals surface area contributed by atoms with Crippen LogP contribution in [0.3, 0.4) is 0 Å². The molecule has 0 saturated heterocycles. The third-order valence-corrected chi connectivity index (χ3v) is 4.46. The predicted octanol–water partition coefficient (Wildman–Crippen LogP) is 6.61. The summed E-state index contributed by atoms with van der Waals surface area (Å²) in [4.78, 5) is 0. The smallest absolute Gasteiger partial charge is 0.122 e. The molecule has 24 heavy (non-hydrogen) atoms. The quantitative estimate of drug-likeness (QED) is 0.359. The molecular formula is C22H35NO. The summed E-state index contributed by atoms with van der Waals surface area (Å²) in [6.45, 7) is 5.30. The average molecular weight is 330 g/mol. The van der Waals surface area contributed by atoms with Crippen LogP contribution in [0.15, 0.2) is 18.2 Å². The van der Waals surface area contributed by atoms with Crippen molar-refractivity contribution in [1.29, 1.82) is 5.26 Å². The van der Waals surface area contributed by atoms with Gasteiger partial charge in [-0.25, -0.2) is 0 Å². The van der Waals surface area contributed by atoms with Crippen molar-refractivity contribution in [3.05, 3.63) is 29.3 Å². The Morgan fingerprint density at radius 2 is 1.54 bits per heavy atom. The van der Waals surface area contributed by atoms with E-state index in [9.17, 15) is 0 Å². The molecular weight excluding hydrogens is 294 g/mol. The molecule has 1 aromatic carbocycles. The second-order valence-electron chi connectivity index (χ2n) is 6.70. The highest BCUT2D eigenvalue weighted by Gasteiger charge is 2.06. The molecule has 0 bridgehead atoms. The topological polar surface area (TPSA) is 33.0 Å². The Labute approximate surface area is 149 Å². The van der Waals surface area contributed by atoms with Crippen LogP contribution in [0.1, 0.15) is 89.2 Å². The van der Waals surface area contributed by atoms with E-state index >= 15 is 0 Å². The molecule has 0 saturated carbocycles. The molecule has 2 nitrogen and oxygen atoms in total. The number of hydrogen-bond donors (Lipinski definition) is 0. The van der Waals surface area contributed by atoms with Crippen molar-refractivity contribution < 1.29 is 4.74 Å². The molecule has 1 rings (SSSR count). The van der Waals surface area contributed by atoms with Gasteiger partial charge in [-0.1, -0.05) is 77.3 Å². The van der Waals surface area contributed by atoms with Gasteiger partial charge in [0.05, 0.1) is 19.1 Å². The van der Waals surface area contributed by atoms with Crippen LogP contribution in [0.5, 0.6) is 5.75 Å². The number of nitriles is 1. The van der Waals surface area contributed by atoms with E-state index < -0.39 is 0 Å². The molecule has 0 heterocycles. The molecule has 134 valence electrons. The van der Waals surface area contributed by atoms with Gasteiger partial charge in [0.2, 0.25) is 0 Å². The van der Waals surface area contributed by atoms with Gasteiger partial charge in [0.1, 0.15) is 5.75 Å². The molecule has 0 amide bonds. The fourth-order valence-corrected chi connectivity index (χ4v) is 2.98. The van der Waals surface area contributed by atoms with Gasteiger partial charge >= 0.3 is 0 Å². The van der Waals surface area contributed by atoms with E-state index in [1.165, 1.54) is 63.4 Å². The van der Waals surface area contributed by atoms with Crippen molar-refractivity contribution in [2.45, 2.75) is 90.9 Å². The van der Waals surface area contributed by atoms with Crippen LogP contribution in [0.2, 0.25) is 0 Å². The molecule has 0 unspecified atom stereocenters. The van der Waals surface area contributed by atoms with E-state index in [0.717, 1.165) is 30.8 Å². The van der Waals surface area contributed by atoms with Gasteiger partial charge in [-0.15, -0.1) is 0 Å². The Balaban J connectivity index is 2.49. The van der Waals surface area contributed by atoms with Crippen LogP contribution in [0, 0.1) is 11.3 Å². The molecule has 0 aromatic heterocycles. The summed E-state index contributed by atoms with van der Waals surface area (Å²) in [7, 11) is 0. The molecule has 0 fully saturated rings. The predicted molar refractivity (Wildman–Crippen MR) is 102 cm³/mol. The standard InChI is InChI=1S/C22H35NO/c1-3-5-7-9-11-13-21-19-20(16-17-23)14-15-22(21)24-18-12-10-8-6-4-2/h14-15,19H,3-13,16,18H2,1-2H3. The minimum atomic E-state index is 0.486. The van der Waals surface area contributed by atoms with Crippen LogP contribution in [0.25, 0.3) is 0 Å². The van der Waals surface area contributed by atoms with E-state index in [1.54, 1.807) is 0 Å². The summed E-state index contributed by atoms with van der Waals surface area (Å²) in [5.74, 6) is 1.03. The molecule has 0 aliphatic rings. The minimum Gasteiger partial charge on any atom is -0.493 e. The third kappa shape index (κ3) is 8.96. The molecule has 0 aliphatic heterocycles. The molecule has 2 heteroatoms. The number of nitrogens with zero attached hydrogens (tertiary/aromatic N) is 1. The first kappa shape index (κ1) is 20.6. The number of aryl methyl sites for hydroxylation is 1. The lowest BCUT2D eigenvalue weighted by atomic mass is 10.0. The summed E-state index contributed by atoms with van der Waals surface area (Å²) in [6.07, 6.45) is 14.3. The van der Waals surface area contributed by atoms with Crippen LogP contribution in [0.4, 0.5) is 0 Å².